The van der Waals surface area contributed by atoms with Crippen LogP contribution in [0.2, 0.25) is 0 Å². The number of unbranched alkanes of at least 4 members (excludes halogenated alkanes) is 1. The van der Waals surface area contributed by atoms with Crippen LogP contribution in [0.4, 0.5) is 5.69 Å². The minimum absolute atomic E-state index is 0.0483. The summed E-state index contributed by atoms with van der Waals surface area (Å²) in [6.45, 7) is 3.14. The molecule has 0 spiro atoms. The molecule has 0 fully saturated rings. The van der Waals surface area contributed by atoms with Gasteiger partial charge in [-0.1, -0.05) is 13.3 Å². The molecule has 1 rings (SSSR count). The van der Waals surface area contributed by atoms with Crippen LogP contribution in [0.5, 0.6) is 0 Å². The van der Waals surface area contributed by atoms with Crippen molar-refractivity contribution < 1.29 is 4.79 Å². The Bertz CT molecular complexity index is 487. The van der Waals surface area contributed by atoms with E-state index >= 15 is 0 Å². The van der Waals surface area contributed by atoms with Gasteiger partial charge >= 0.3 is 0 Å². The van der Waals surface area contributed by atoms with Gasteiger partial charge in [-0.3, -0.25) is 9.59 Å². The van der Waals surface area contributed by atoms with Gasteiger partial charge in [0.25, 0.3) is 5.56 Å². The first-order valence-corrected chi connectivity index (χ1v) is 7.09. The largest absolute Gasteiger partial charge is 0.382 e. The van der Waals surface area contributed by atoms with Crippen molar-refractivity contribution in [2.45, 2.75) is 32.7 Å². The van der Waals surface area contributed by atoms with Crippen molar-refractivity contribution in [3.63, 3.8) is 0 Å². The maximum atomic E-state index is 12.0. The third-order valence-electron chi connectivity index (χ3n) is 2.65. The van der Waals surface area contributed by atoms with Crippen LogP contribution in [-0.2, 0) is 11.3 Å². The lowest BCUT2D eigenvalue weighted by atomic mass is 10.3. The zero-order valence-corrected chi connectivity index (χ0v) is 12.8. The number of hydrogen-bond acceptors (Lipinski definition) is 4. The highest BCUT2D eigenvalue weighted by Gasteiger charge is 2.08. The van der Waals surface area contributed by atoms with Gasteiger partial charge in [0.05, 0.1) is 11.9 Å². The first-order valence-electron chi connectivity index (χ1n) is 6.30. The summed E-state index contributed by atoms with van der Waals surface area (Å²) in [5.41, 5.74) is 0.458. The summed E-state index contributed by atoms with van der Waals surface area (Å²) >= 11 is 3.27. The molecule has 1 amide bonds. The summed E-state index contributed by atoms with van der Waals surface area (Å²) in [6.07, 6.45) is 3.88. The van der Waals surface area contributed by atoms with Crippen LogP contribution in [0.1, 0.15) is 26.2 Å². The number of rotatable bonds is 7. The van der Waals surface area contributed by atoms with E-state index in [9.17, 15) is 9.59 Å². The molecule has 0 saturated heterocycles. The Balaban J connectivity index is 2.68. The van der Waals surface area contributed by atoms with Gasteiger partial charge < -0.3 is 10.6 Å². The summed E-state index contributed by atoms with van der Waals surface area (Å²) < 4.78 is 1.90. The second-order valence-electron chi connectivity index (χ2n) is 4.10. The van der Waals surface area contributed by atoms with Crippen LogP contribution in [0.15, 0.2) is 15.5 Å². The molecule has 19 heavy (non-hydrogen) atoms. The van der Waals surface area contributed by atoms with Crippen LogP contribution in [0.25, 0.3) is 0 Å². The monoisotopic (exact) mass is 330 g/mol. The van der Waals surface area contributed by atoms with Crippen LogP contribution in [-0.4, -0.2) is 29.3 Å². The highest BCUT2D eigenvalue weighted by Crippen LogP contribution is 2.15. The van der Waals surface area contributed by atoms with Crippen molar-refractivity contribution in [3.8, 4) is 0 Å². The molecule has 0 aliphatic carbocycles. The first-order chi connectivity index (χ1) is 9.10. The van der Waals surface area contributed by atoms with Gasteiger partial charge in [-0.05, 0) is 22.4 Å². The number of hydrogen-bond donors (Lipinski definition) is 2. The average Bonchev–Trinajstić information content (AvgIpc) is 2.42. The predicted octanol–water partition coefficient (Wildman–Crippen LogP) is 1.35. The molecular weight excluding hydrogens is 312 g/mol. The molecule has 106 valence electrons. The molecule has 0 aromatic carbocycles. The second-order valence-corrected chi connectivity index (χ2v) is 4.90. The maximum absolute atomic E-state index is 12.0. The lowest BCUT2D eigenvalue weighted by molar-refractivity contribution is -0.120. The average molecular weight is 331 g/mol. The third-order valence-corrected chi connectivity index (χ3v) is 3.42. The molecule has 0 unspecified atom stereocenters. The molecule has 0 aliphatic heterocycles. The van der Waals surface area contributed by atoms with E-state index in [0.29, 0.717) is 29.7 Å². The fourth-order valence-corrected chi connectivity index (χ4v) is 1.94. The molecule has 7 heteroatoms. The van der Waals surface area contributed by atoms with E-state index in [-0.39, 0.29) is 11.5 Å². The summed E-state index contributed by atoms with van der Waals surface area (Å²) in [5, 5.41) is 9.66. The minimum atomic E-state index is -0.154. The Labute approximate surface area is 120 Å². The topological polar surface area (TPSA) is 76.0 Å². The molecule has 1 heterocycles. The van der Waals surface area contributed by atoms with Gasteiger partial charge in [-0.15, -0.1) is 0 Å². The summed E-state index contributed by atoms with van der Waals surface area (Å²) in [5.74, 6) is -0.0483. The molecule has 0 bridgehead atoms. The Hall–Kier alpha value is -1.37. The van der Waals surface area contributed by atoms with Gasteiger partial charge in [0.2, 0.25) is 5.91 Å². The molecule has 0 saturated carbocycles. The number of carbonyl (C=O) groups is 1. The third kappa shape index (κ3) is 4.66. The fraction of sp³-hybridized carbons (Fsp3) is 0.583. The lowest BCUT2D eigenvalue weighted by Crippen LogP contribution is -2.25. The number of anilines is 1. The number of nitrogens with one attached hydrogen (secondary N) is 2. The molecule has 1 aromatic heterocycles. The van der Waals surface area contributed by atoms with Crippen molar-refractivity contribution >= 4 is 27.5 Å². The number of halogens is 1. The standard InChI is InChI=1S/C12H19BrN4O2/c1-3-4-7-17-12(19)11(13)9(8-16-17)15-6-5-10(18)14-2/h8,15H,3-7H2,1-2H3,(H,14,18). The summed E-state index contributed by atoms with van der Waals surface area (Å²) in [7, 11) is 1.59. The fourth-order valence-electron chi connectivity index (χ4n) is 1.49. The molecule has 0 radical (unpaired) electrons. The number of aromatic nitrogens is 2. The van der Waals surface area contributed by atoms with E-state index in [1.54, 1.807) is 13.2 Å². The van der Waals surface area contributed by atoms with E-state index in [0.717, 1.165) is 12.8 Å². The molecule has 0 aliphatic rings. The second kappa shape index (κ2) is 7.93. The number of amides is 1. The van der Waals surface area contributed by atoms with Crippen LogP contribution < -0.4 is 16.2 Å². The highest BCUT2D eigenvalue weighted by atomic mass is 79.9. The lowest BCUT2D eigenvalue weighted by Gasteiger charge is -2.09. The Kier molecular flexibility index (Phi) is 6.55. The highest BCUT2D eigenvalue weighted by molar-refractivity contribution is 9.10. The number of carbonyl (C=O) groups excluding carboxylic acids is 1. The maximum Gasteiger partial charge on any atom is 0.283 e. The summed E-state index contributed by atoms with van der Waals surface area (Å²) in [4.78, 5) is 23.1. The number of nitrogens with zero attached hydrogens (tertiary/aromatic N) is 2. The first kappa shape index (κ1) is 15.7. The van der Waals surface area contributed by atoms with E-state index in [1.807, 2.05) is 0 Å². The molecule has 1 aromatic rings. The quantitative estimate of drug-likeness (QED) is 0.791. The molecule has 6 nitrogen and oxygen atoms in total. The van der Waals surface area contributed by atoms with E-state index < -0.39 is 0 Å². The van der Waals surface area contributed by atoms with Crippen molar-refractivity contribution in [3.05, 3.63) is 21.0 Å². The molecular formula is C12H19BrN4O2. The van der Waals surface area contributed by atoms with Crippen molar-refractivity contribution in [1.29, 1.82) is 0 Å². The van der Waals surface area contributed by atoms with Gasteiger partial charge in [-0.25, -0.2) is 4.68 Å². The van der Waals surface area contributed by atoms with Crippen molar-refractivity contribution in [2.24, 2.45) is 0 Å². The van der Waals surface area contributed by atoms with E-state index in [1.165, 1.54) is 4.68 Å². The van der Waals surface area contributed by atoms with Crippen LogP contribution in [0, 0.1) is 0 Å². The van der Waals surface area contributed by atoms with Gasteiger partial charge in [0, 0.05) is 26.6 Å². The predicted molar refractivity (Wildman–Crippen MR) is 78.3 cm³/mol. The molecule has 0 atom stereocenters. The van der Waals surface area contributed by atoms with E-state index in [2.05, 4.69) is 38.6 Å². The summed E-state index contributed by atoms with van der Waals surface area (Å²) in [6, 6.07) is 0. The normalized spacial score (nSPS) is 10.3. The minimum Gasteiger partial charge on any atom is -0.382 e. The Morgan fingerprint density at radius 3 is 2.89 bits per heavy atom. The zero-order valence-electron chi connectivity index (χ0n) is 11.2. The Morgan fingerprint density at radius 2 is 2.26 bits per heavy atom. The van der Waals surface area contributed by atoms with Crippen molar-refractivity contribution in [1.82, 2.24) is 15.1 Å². The van der Waals surface area contributed by atoms with Gasteiger partial charge in [-0.2, -0.15) is 5.10 Å². The van der Waals surface area contributed by atoms with Gasteiger partial charge in [0.15, 0.2) is 0 Å². The van der Waals surface area contributed by atoms with Crippen LogP contribution >= 0.6 is 15.9 Å². The smallest absolute Gasteiger partial charge is 0.283 e. The molecule has 2 N–H and O–H groups in total. The van der Waals surface area contributed by atoms with Gasteiger partial charge in [0.1, 0.15) is 4.47 Å². The zero-order chi connectivity index (χ0) is 14.3. The SMILES string of the molecule is CCCCn1ncc(NCCC(=O)NC)c(Br)c1=O. The van der Waals surface area contributed by atoms with Crippen LogP contribution in [0.3, 0.4) is 0 Å². The van der Waals surface area contributed by atoms with E-state index in [4.69, 9.17) is 0 Å². The Morgan fingerprint density at radius 1 is 1.53 bits per heavy atom. The van der Waals surface area contributed by atoms with Crippen molar-refractivity contribution in [2.75, 3.05) is 18.9 Å². The number of aryl methyl sites for hydroxylation is 1.